The van der Waals surface area contributed by atoms with Crippen LogP contribution in [0.3, 0.4) is 0 Å². The van der Waals surface area contributed by atoms with E-state index in [1.54, 1.807) is 23.5 Å². The van der Waals surface area contributed by atoms with E-state index < -0.39 is 15.8 Å². The van der Waals surface area contributed by atoms with Gasteiger partial charge in [0.15, 0.2) is 0 Å². The summed E-state index contributed by atoms with van der Waals surface area (Å²) in [7, 11) is -3.97. The highest BCUT2D eigenvalue weighted by Crippen LogP contribution is 2.24. The van der Waals surface area contributed by atoms with Crippen LogP contribution in [0.5, 0.6) is 0 Å². The van der Waals surface area contributed by atoms with E-state index in [0.717, 1.165) is 26.9 Å². The Kier molecular flexibility index (Phi) is 4.63. The van der Waals surface area contributed by atoms with Crippen molar-refractivity contribution in [1.29, 1.82) is 0 Å². The quantitative estimate of drug-likeness (QED) is 0.524. The molecule has 7 heteroatoms. The summed E-state index contributed by atoms with van der Waals surface area (Å²) in [6, 6.07) is 20.3. The van der Waals surface area contributed by atoms with Crippen LogP contribution in [-0.4, -0.2) is 13.4 Å². The van der Waals surface area contributed by atoms with E-state index in [4.69, 9.17) is 0 Å². The summed E-state index contributed by atoms with van der Waals surface area (Å²) in [5.74, 6) is -0.780. The monoisotopic (exact) mass is 398 g/mol. The minimum atomic E-state index is -3.97. The van der Waals surface area contributed by atoms with Crippen molar-refractivity contribution >= 4 is 37.3 Å². The number of anilines is 1. The minimum absolute atomic E-state index is 0.372. The molecule has 0 saturated heterocycles. The Labute approximate surface area is 160 Å². The fourth-order valence-corrected chi connectivity index (χ4v) is 4.87. The molecule has 4 rings (SSSR count). The fraction of sp³-hybridized carbons (Fsp3) is 0.0500. The molecule has 0 radical (unpaired) electrons. The van der Waals surface area contributed by atoms with Gasteiger partial charge in [0.25, 0.3) is 10.0 Å². The molecule has 0 aliphatic rings. The number of sulfonamides is 1. The van der Waals surface area contributed by atoms with Crippen molar-refractivity contribution in [2.24, 2.45) is 0 Å². The second-order valence-electron chi connectivity index (χ2n) is 5.98. The third-order valence-electron chi connectivity index (χ3n) is 4.03. The van der Waals surface area contributed by atoms with Gasteiger partial charge in [0.1, 0.15) is 10.7 Å². The van der Waals surface area contributed by atoms with E-state index >= 15 is 0 Å². The molecule has 0 amide bonds. The first-order valence-electron chi connectivity index (χ1n) is 8.22. The standard InChI is InChI=1S/C20H15FN2O2S2/c21-16-5-1-4-8-19(16)27(24,25)23-15-11-9-14(10-12-15)13-20-22-17-6-2-3-7-18(17)26-20/h1-12,23H,13H2. The fourth-order valence-electron chi connectivity index (χ4n) is 2.73. The molecule has 0 saturated carbocycles. The summed E-state index contributed by atoms with van der Waals surface area (Å²) in [5, 5.41) is 0.996. The molecule has 27 heavy (non-hydrogen) atoms. The molecule has 4 aromatic rings. The third-order valence-corrected chi connectivity index (χ3v) is 6.48. The number of thiazole rings is 1. The van der Waals surface area contributed by atoms with Crippen LogP contribution < -0.4 is 4.72 Å². The first kappa shape index (κ1) is 17.6. The average Bonchev–Trinajstić information content (AvgIpc) is 3.05. The first-order valence-corrected chi connectivity index (χ1v) is 10.5. The molecule has 136 valence electrons. The molecule has 0 aliphatic carbocycles. The summed E-state index contributed by atoms with van der Waals surface area (Å²) in [6.45, 7) is 0. The highest BCUT2D eigenvalue weighted by atomic mass is 32.2. The molecular weight excluding hydrogens is 383 g/mol. The van der Waals surface area contributed by atoms with Crippen molar-refractivity contribution in [3.05, 3.63) is 89.2 Å². The Bertz CT molecular complexity index is 1170. The molecule has 0 fully saturated rings. The van der Waals surface area contributed by atoms with Gasteiger partial charge in [0.2, 0.25) is 0 Å². The summed E-state index contributed by atoms with van der Waals surface area (Å²) in [4.78, 5) is 4.23. The number of halogens is 1. The lowest BCUT2D eigenvalue weighted by Gasteiger charge is -2.09. The van der Waals surface area contributed by atoms with Crippen molar-refractivity contribution in [1.82, 2.24) is 4.98 Å². The highest BCUT2D eigenvalue weighted by Gasteiger charge is 2.18. The summed E-state index contributed by atoms with van der Waals surface area (Å²) in [6.07, 6.45) is 0.666. The van der Waals surface area contributed by atoms with Crippen LogP contribution in [0.2, 0.25) is 0 Å². The number of hydrogen-bond acceptors (Lipinski definition) is 4. The Morgan fingerprint density at radius 1 is 0.926 bits per heavy atom. The Morgan fingerprint density at radius 3 is 2.37 bits per heavy atom. The first-order chi connectivity index (χ1) is 13.0. The third kappa shape index (κ3) is 3.84. The van der Waals surface area contributed by atoms with Gasteiger partial charge in [-0.1, -0.05) is 36.4 Å². The Balaban J connectivity index is 1.51. The molecule has 0 unspecified atom stereocenters. The van der Waals surface area contributed by atoms with Gasteiger partial charge in [-0.25, -0.2) is 17.8 Å². The number of rotatable bonds is 5. The topological polar surface area (TPSA) is 59.1 Å². The van der Waals surface area contributed by atoms with E-state index in [0.29, 0.717) is 12.1 Å². The smallest absolute Gasteiger partial charge is 0.264 e. The zero-order valence-electron chi connectivity index (χ0n) is 14.1. The predicted octanol–water partition coefficient (Wildman–Crippen LogP) is 4.83. The van der Waals surface area contributed by atoms with Crippen LogP contribution in [0.1, 0.15) is 10.6 Å². The molecule has 1 heterocycles. The molecule has 0 aliphatic heterocycles. The van der Waals surface area contributed by atoms with E-state index in [9.17, 15) is 12.8 Å². The van der Waals surface area contributed by atoms with E-state index in [1.165, 1.54) is 18.2 Å². The number of hydrogen-bond donors (Lipinski definition) is 1. The van der Waals surface area contributed by atoms with Crippen LogP contribution in [0.15, 0.2) is 77.7 Å². The van der Waals surface area contributed by atoms with Crippen LogP contribution in [0.4, 0.5) is 10.1 Å². The van der Waals surface area contributed by atoms with Crippen LogP contribution >= 0.6 is 11.3 Å². The molecule has 0 atom stereocenters. The number of nitrogens with one attached hydrogen (secondary N) is 1. The van der Waals surface area contributed by atoms with Crippen molar-refractivity contribution < 1.29 is 12.8 Å². The van der Waals surface area contributed by atoms with Crippen molar-refractivity contribution in [2.75, 3.05) is 4.72 Å². The van der Waals surface area contributed by atoms with Gasteiger partial charge in [-0.2, -0.15) is 0 Å². The number of para-hydroxylation sites is 1. The van der Waals surface area contributed by atoms with Gasteiger partial charge in [0, 0.05) is 12.1 Å². The SMILES string of the molecule is O=S(=O)(Nc1ccc(Cc2nc3ccccc3s2)cc1)c1ccccc1F. The molecule has 4 nitrogen and oxygen atoms in total. The molecule has 0 spiro atoms. The van der Waals surface area contributed by atoms with Crippen molar-refractivity contribution in [3.63, 3.8) is 0 Å². The lowest BCUT2D eigenvalue weighted by atomic mass is 10.1. The van der Waals surface area contributed by atoms with Gasteiger partial charge < -0.3 is 0 Å². The average molecular weight is 398 g/mol. The summed E-state index contributed by atoms with van der Waals surface area (Å²) >= 11 is 1.64. The maximum absolute atomic E-state index is 13.8. The van der Waals surface area contributed by atoms with Crippen molar-refractivity contribution in [2.45, 2.75) is 11.3 Å². The largest absolute Gasteiger partial charge is 0.280 e. The molecule has 3 aromatic carbocycles. The van der Waals surface area contributed by atoms with Crippen LogP contribution in [0, 0.1) is 5.82 Å². The normalized spacial score (nSPS) is 11.6. The maximum atomic E-state index is 13.8. The highest BCUT2D eigenvalue weighted by molar-refractivity contribution is 7.92. The number of aromatic nitrogens is 1. The van der Waals surface area contributed by atoms with E-state index in [1.807, 2.05) is 36.4 Å². The number of nitrogens with zero attached hydrogens (tertiary/aromatic N) is 1. The van der Waals surface area contributed by atoms with Crippen LogP contribution in [0.25, 0.3) is 10.2 Å². The lowest BCUT2D eigenvalue weighted by molar-refractivity contribution is 0.570. The van der Waals surface area contributed by atoms with Gasteiger partial charge in [0.05, 0.1) is 15.2 Å². The van der Waals surface area contributed by atoms with Gasteiger partial charge in [-0.3, -0.25) is 4.72 Å². The molecular formula is C20H15FN2O2S2. The Morgan fingerprint density at radius 2 is 1.63 bits per heavy atom. The van der Waals surface area contributed by atoms with Gasteiger partial charge in [-0.15, -0.1) is 11.3 Å². The van der Waals surface area contributed by atoms with Gasteiger partial charge in [-0.05, 0) is 42.0 Å². The summed E-state index contributed by atoms with van der Waals surface area (Å²) < 4.78 is 42.0. The Hall–Kier alpha value is -2.77. The minimum Gasteiger partial charge on any atom is -0.280 e. The number of fused-ring (bicyclic) bond motifs is 1. The van der Waals surface area contributed by atoms with Gasteiger partial charge >= 0.3 is 0 Å². The molecule has 1 N–H and O–H groups in total. The second kappa shape index (κ2) is 7.09. The zero-order valence-corrected chi connectivity index (χ0v) is 15.7. The maximum Gasteiger partial charge on any atom is 0.264 e. The van der Waals surface area contributed by atoms with Crippen molar-refractivity contribution in [3.8, 4) is 0 Å². The molecule has 0 bridgehead atoms. The lowest BCUT2D eigenvalue weighted by Crippen LogP contribution is -2.14. The second-order valence-corrected chi connectivity index (χ2v) is 8.75. The predicted molar refractivity (Wildman–Crippen MR) is 106 cm³/mol. The zero-order chi connectivity index (χ0) is 18.9. The van der Waals surface area contributed by atoms with E-state index in [2.05, 4.69) is 9.71 Å². The summed E-state index contributed by atoms with van der Waals surface area (Å²) in [5.41, 5.74) is 2.38. The van der Waals surface area contributed by atoms with E-state index in [-0.39, 0.29) is 4.90 Å². The number of benzene rings is 3. The van der Waals surface area contributed by atoms with Crippen LogP contribution in [-0.2, 0) is 16.4 Å². The molecule has 1 aromatic heterocycles.